The molecule has 2 aromatic rings. The Kier molecular flexibility index (Phi) is 11.4. The average Bonchev–Trinajstić information content (AvgIpc) is 2.95. The number of rotatable bonds is 11. The molecule has 0 fully saturated rings. The van der Waals surface area contributed by atoms with Crippen LogP contribution in [0.4, 0.5) is 10.5 Å². The van der Waals surface area contributed by atoms with Crippen LogP contribution in [0.15, 0.2) is 71.1 Å². The first-order chi connectivity index (χ1) is 20.8. The molecule has 0 saturated heterocycles. The standard InChI is InChI=1S/C31H45N3O9SSi/c1-30(2,3)43-29(36)32-19-27(24(20-35)18-25(32)22-42-45(7,8)31(4,5)6)34(41-21-23-14-10-9-11-15-23)44(39,40)28-17-13-12-16-26(28)33(37)38/h9-18,25,27,35H,19-22H2,1-8H3/t25-,27?/m0/s1. The van der Waals surface area contributed by atoms with Gasteiger partial charge in [0.05, 0.1) is 36.8 Å². The van der Waals surface area contributed by atoms with Crippen LogP contribution < -0.4 is 0 Å². The summed E-state index contributed by atoms with van der Waals surface area (Å²) >= 11 is 0. The van der Waals surface area contributed by atoms with Crippen LogP contribution in [-0.4, -0.2) is 79.7 Å². The topological polar surface area (TPSA) is 149 Å². The minimum Gasteiger partial charge on any atom is -0.444 e. The number of hydrogen-bond donors (Lipinski definition) is 1. The van der Waals surface area contributed by atoms with Gasteiger partial charge in [-0.2, -0.15) is 0 Å². The van der Waals surface area contributed by atoms with E-state index >= 15 is 0 Å². The fourth-order valence-corrected chi connectivity index (χ4v) is 6.99. The second-order valence-corrected chi connectivity index (χ2v) is 20.0. The average molecular weight is 664 g/mol. The number of benzene rings is 2. The molecular formula is C31H45N3O9SSi. The van der Waals surface area contributed by atoms with Gasteiger partial charge in [-0.15, -0.1) is 0 Å². The van der Waals surface area contributed by atoms with Crippen molar-refractivity contribution >= 4 is 30.1 Å². The molecule has 1 aliphatic rings. The van der Waals surface area contributed by atoms with Crippen LogP contribution in [0.3, 0.4) is 0 Å². The Morgan fingerprint density at radius 1 is 1.07 bits per heavy atom. The van der Waals surface area contributed by atoms with E-state index in [1.54, 1.807) is 57.2 Å². The van der Waals surface area contributed by atoms with Gasteiger partial charge in [0.15, 0.2) is 13.2 Å². The van der Waals surface area contributed by atoms with E-state index in [2.05, 4.69) is 33.9 Å². The van der Waals surface area contributed by atoms with Gasteiger partial charge in [-0.25, -0.2) is 13.2 Å². The van der Waals surface area contributed by atoms with E-state index in [0.29, 0.717) is 10.0 Å². The van der Waals surface area contributed by atoms with Crippen molar-refractivity contribution in [2.45, 2.75) is 88.9 Å². The third kappa shape index (κ3) is 8.99. The Hall–Kier alpha value is -3.14. The predicted molar refractivity (Wildman–Crippen MR) is 172 cm³/mol. The number of hydroxylamine groups is 1. The zero-order valence-corrected chi connectivity index (χ0v) is 29.0. The van der Waals surface area contributed by atoms with Crippen LogP contribution in [0.25, 0.3) is 0 Å². The van der Waals surface area contributed by atoms with Crippen LogP contribution in [-0.2, 0) is 30.6 Å². The van der Waals surface area contributed by atoms with Crippen molar-refractivity contribution in [3.05, 3.63) is 81.9 Å². The molecule has 45 heavy (non-hydrogen) atoms. The van der Waals surface area contributed by atoms with E-state index in [1.165, 1.54) is 17.0 Å². The highest BCUT2D eigenvalue weighted by molar-refractivity contribution is 7.89. The lowest BCUT2D eigenvalue weighted by molar-refractivity contribution is -0.388. The maximum atomic E-state index is 14.2. The van der Waals surface area contributed by atoms with Crippen LogP contribution in [0.1, 0.15) is 47.1 Å². The summed E-state index contributed by atoms with van der Waals surface area (Å²) in [7, 11) is -7.01. The van der Waals surface area contributed by atoms with E-state index in [1.807, 2.05) is 0 Å². The molecule has 0 saturated carbocycles. The first-order valence-electron chi connectivity index (χ1n) is 14.7. The number of aliphatic hydroxyl groups is 1. The molecule has 0 spiro atoms. The molecule has 2 atom stereocenters. The summed E-state index contributed by atoms with van der Waals surface area (Å²) in [5, 5.41) is 22.3. The summed E-state index contributed by atoms with van der Waals surface area (Å²) in [6, 6.07) is 11.8. The van der Waals surface area contributed by atoms with Gasteiger partial charge in [0.25, 0.3) is 15.7 Å². The molecule has 248 valence electrons. The van der Waals surface area contributed by atoms with Crippen molar-refractivity contribution in [1.29, 1.82) is 0 Å². The molecule has 1 amide bonds. The Labute approximate surface area is 266 Å². The van der Waals surface area contributed by atoms with Crippen LogP contribution >= 0.6 is 0 Å². The SMILES string of the molecule is CC(C)(C)OC(=O)N1CC(N(OCc2ccccc2)S(=O)(=O)c2ccccc2[N+](=O)[O-])C(CO)=C[C@H]1CO[Si](C)(C)C(C)(C)C. The molecule has 0 bridgehead atoms. The molecule has 3 rings (SSSR count). The van der Waals surface area contributed by atoms with Gasteiger partial charge in [0.2, 0.25) is 0 Å². The number of sulfonamides is 1. The van der Waals surface area contributed by atoms with E-state index in [-0.39, 0.29) is 30.4 Å². The van der Waals surface area contributed by atoms with Crippen molar-refractivity contribution in [3.63, 3.8) is 0 Å². The minimum atomic E-state index is -4.73. The number of nitro benzene ring substituents is 1. The van der Waals surface area contributed by atoms with E-state index in [0.717, 1.165) is 12.1 Å². The Bertz CT molecular complexity index is 1490. The summed E-state index contributed by atoms with van der Waals surface area (Å²) in [5.41, 5.74) is -0.622. The number of hydrogen-bond acceptors (Lipinski definition) is 9. The number of amides is 1. The molecule has 1 heterocycles. The summed E-state index contributed by atoms with van der Waals surface area (Å²) in [5.74, 6) is 0. The third-order valence-electron chi connectivity index (χ3n) is 7.87. The smallest absolute Gasteiger partial charge is 0.410 e. The van der Waals surface area contributed by atoms with Crippen LogP contribution in [0, 0.1) is 10.1 Å². The second-order valence-electron chi connectivity index (χ2n) is 13.4. The summed E-state index contributed by atoms with van der Waals surface area (Å²) in [4.78, 5) is 31.4. The molecule has 1 N–H and O–H groups in total. The Balaban J connectivity index is 2.14. The number of carbonyl (C=O) groups excluding carboxylic acids is 1. The van der Waals surface area contributed by atoms with Gasteiger partial charge in [-0.1, -0.05) is 73.8 Å². The highest BCUT2D eigenvalue weighted by Gasteiger charge is 2.45. The first kappa shape index (κ1) is 36.3. The van der Waals surface area contributed by atoms with Crippen molar-refractivity contribution in [3.8, 4) is 0 Å². The van der Waals surface area contributed by atoms with Crippen molar-refractivity contribution in [1.82, 2.24) is 9.37 Å². The van der Waals surface area contributed by atoms with Crippen LogP contribution in [0.2, 0.25) is 18.1 Å². The monoisotopic (exact) mass is 663 g/mol. The quantitative estimate of drug-likeness (QED) is 0.139. The largest absolute Gasteiger partial charge is 0.444 e. The molecule has 1 aliphatic heterocycles. The normalized spacial score (nSPS) is 18.1. The van der Waals surface area contributed by atoms with E-state index in [9.17, 15) is 28.4 Å². The molecule has 0 aromatic heterocycles. The Morgan fingerprint density at radius 2 is 1.67 bits per heavy atom. The third-order valence-corrected chi connectivity index (χ3v) is 14.1. The molecule has 2 aromatic carbocycles. The van der Waals surface area contributed by atoms with Gasteiger partial charge in [0, 0.05) is 12.6 Å². The van der Waals surface area contributed by atoms with Gasteiger partial charge < -0.3 is 14.3 Å². The van der Waals surface area contributed by atoms with Gasteiger partial charge in [-0.3, -0.25) is 19.9 Å². The van der Waals surface area contributed by atoms with Crippen LogP contribution in [0.5, 0.6) is 0 Å². The Morgan fingerprint density at radius 3 is 2.22 bits per heavy atom. The molecular weight excluding hydrogens is 619 g/mol. The van der Waals surface area contributed by atoms with Crippen molar-refractivity contribution < 1.29 is 37.2 Å². The number of nitrogens with zero attached hydrogens (tertiary/aromatic N) is 3. The predicted octanol–water partition coefficient (Wildman–Crippen LogP) is 5.65. The lowest BCUT2D eigenvalue weighted by Gasteiger charge is -2.43. The summed E-state index contributed by atoms with van der Waals surface area (Å²) in [6.45, 7) is 14.6. The van der Waals surface area contributed by atoms with Gasteiger partial charge in [0.1, 0.15) is 5.60 Å². The summed E-state index contributed by atoms with van der Waals surface area (Å²) in [6.07, 6.45) is 0.884. The molecule has 0 radical (unpaired) electrons. The molecule has 14 heteroatoms. The maximum absolute atomic E-state index is 14.2. The molecule has 12 nitrogen and oxygen atoms in total. The number of para-hydroxylation sites is 1. The van der Waals surface area contributed by atoms with Gasteiger partial charge in [-0.05, 0) is 56.1 Å². The lowest BCUT2D eigenvalue weighted by Crippen LogP contribution is -2.57. The maximum Gasteiger partial charge on any atom is 0.410 e. The molecule has 1 unspecified atom stereocenters. The van der Waals surface area contributed by atoms with E-state index < -0.39 is 64.2 Å². The van der Waals surface area contributed by atoms with E-state index in [4.69, 9.17) is 14.0 Å². The highest BCUT2D eigenvalue weighted by atomic mass is 32.2. The summed E-state index contributed by atoms with van der Waals surface area (Å²) < 4.78 is 41.3. The van der Waals surface area contributed by atoms with Crippen molar-refractivity contribution in [2.75, 3.05) is 19.8 Å². The zero-order valence-electron chi connectivity index (χ0n) is 27.2. The first-order valence-corrected chi connectivity index (χ1v) is 19.0. The fraction of sp³-hybridized carbons (Fsp3) is 0.516. The fourth-order valence-electron chi connectivity index (χ4n) is 4.39. The molecule has 0 aliphatic carbocycles. The number of aliphatic hydroxyl groups excluding tert-OH is 1. The zero-order chi connectivity index (χ0) is 33.8. The van der Waals surface area contributed by atoms with Gasteiger partial charge >= 0.3 is 6.09 Å². The van der Waals surface area contributed by atoms with Crippen molar-refractivity contribution in [2.24, 2.45) is 0 Å². The number of ether oxygens (including phenoxy) is 1. The number of nitro groups is 1. The lowest BCUT2D eigenvalue weighted by atomic mass is 9.99. The minimum absolute atomic E-state index is 0.0910. The number of carbonyl (C=O) groups is 1. The second kappa shape index (κ2) is 14.1. The highest BCUT2D eigenvalue weighted by Crippen LogP contribution is 2.38.